The second kappa shape index (κ2) is 6.20. The number of aromatic nitrogens is 4. The topological polar surface area (TPSA) is 110 Å². The van der Waals surface area contributed by atoms with Gasteiger partial charge in [-0.2, -0.15) is 4.31 Å². The van der Waals surface area contributed by atoms with Gasteiger partial charge in [-0.15, -0.1) is 5.10 Å². The Balaban J connectivity index is 2.08. The molecule has 0 spiro atoms. The van der Waals surface area contributed by atoms with E-state index in [2.05, 4.69) is 20.8 Å². The van der Waals surface area contributed by atoms with Crippen LogP contribution in [0.25, 0.3) is 5.69 Å². The van der Waals surface area contributed by atoms with Crippen molar-refractivity contribution in [1.29, 1.82) is 0 Å². The minimum absolute atomic E-state index is 0.243. The minimum atomic E-state index is -3.39. The molecule has 1 amide bonds. The number of nitrogens with zero attached hydrogens (tertiary/aromatic N) is 5. The van der Waals surface area contributed by atoms with E-state index in [0.717, 1.165) is 21.8 Å². The molecule has 0 saturated carbocycles. The summed E-state index contributed by atoms with van der Waals surface area (Å²) in [6, 6.07) is 5.22. The second-order valence-electron chi connectivity index (χ2n) is 4.82. The molecule has 10 heteroatoms. The van der Waals surface area contributed by atoms with E-state index >= 15 is 0 Å². The third kappa shape index (κ3) is 3.86. The summed E-state index contributed by atoms with van der Waals surface area (Å²) in [6.45, 7) is 1.61. The van der Waals surface area contributed by atoms with E-state index in [9.17, 15) is 13.2 Å². The molecule has 0 saturated heterocycles. The SMILES string of the molecule is Cc1cc(NC(=O)CN(C)S(C)(=O)=O)ccc1-n1cnnn1. The number of aryl methyl sites for hydroxylation is 1. The normalized spacial score (nSPS) is 11.6. The Morgan fingerprint density at radius 1 is 1.41 bits per heavy atom. The minimum Gasteiger partial charge on any atom is -0.325 e. The van der Waals surface area contributed by atoms with Gasteiger partial charge in [-0.1, -0.05) is 0 Å². The van der Waals surface area contributed by atoms with E-state index in [0.29, 0.717) is 5.69 Å². The van der Waals surface area contributed by atoms with Crippen molar-refractivity contribution >= 4 is 21.6 Å². The molecule has 1 aromatic carbocycles. The van der Waals surface area contributed by atoms with E-state index in [4.69, 9.17) is 0 Å². The molecule has 1 aromatic heterocycles. The molecule has 0 bridgehead atoms. The molecule has 0 fully saturated rings. The summed E-state index contributed by atoms with van der Waals surface area (Å²) in [5.41, 5.74) is 2.22. The number of likely N-dealkylation sites (N-methyl/N-ethyl adjacent to an activating group) is 1. The number of anilines is 1. The standard InChI is InChI=1S/C12H16N6O3S/c1-9-6-10(4-5-11(9)18-8-13-15-16-18)14-12(19)7-17(2)22(3,20)21/h4-6,8H,7H2,1-3H3,(H,14,19). The Bertz CT molecular complexity index is 772. The van der Waals surface area contributed by atoms with Gasteiger partial charge < -0.3 is 5.32 Å². The molecule has 0 unspecified atom stereocenters. The fourth-order valence-electron chi connectivity index (χ4n) is 1.78. The molecule has 0 radical (unpaired) electrons. The van der Waals surface area contributed by atoms with E-state index in [1.807, 2.05) is 6.92 Å². The molecular formula is C12H16N6O3S. The average molecular weight is 324 g/mol. The van der Waals surface area contributed by atoms with Crippen molar-refractivity contribution in [2.45, 2.75) is 6.92 Å². The Hall–Kier alpha value is -2.33. The molecule has 22 heavy (non-hydrogen) atoms. The van der Waals surface area contributed by atoms with Crippen molar-refractivity contribution in [3.8, 4) is 5.69 Å². The van der Waals surface area contributed by atoms with Gasteiger partial charge in [-0.3, -0.25) is 4.79 Å². The average Bonchev–Trinajstić information content (AvgIpc) is 2.91. The van der Waals surface area contributed by atoms with E-state index in [1.165, 1.54) is 18.1 Å². The highest BCUT2D eigenvalue weighted by molar-refractivity contribution is 7.88. The third-order valence-electron chi connectivity index (χ3n) is 3.01. The second-order valence-corrected chi connectivity index (χ2v) is 6.91. The van der Waals surface area contributed by atoms with Crippen LogP contribution >= 0.6 is 0 Å². The molecule has 9 nitrogen and oxygen atoms in total. The zero-order valence-electron chi connectivity index (χ0n) is 12.4. The first-order valence-electron chi connectivity index (χ1n) is 6.32. The quantitative estimate of drug-likeness (QED) is 0.815. The molecule has 0 atom stereocenters. The molecular weight excluding hydrogens is 308 g/mol. The Morgan fingerprint density at radius 3 is 2.68 bits per heavy atom. The highest BCUT2D eigenvalue weighted by atomic mass is 32.2. The Kier molecular flexibility index (Phi) is 4.52. The zero-order valence-corrected chi connectivity index (χ0v) is 13.2. The van der Waals surface area contributed by atoms with Gasteiger partial charge in [0.25, 0.3) is 0 Å². The highest BCUT2D eigenvalue weighted by Gasteiger charge is 2.15. The lowest BCUT2D eigenvalue weighted by Crippen LogP contribution is -2.34. The molecule has 0 aliphatic rings. The molecule has 118 valence electrons. The maximum Gasteiger partial charge on any atom is 0.239 e. The number of carbonyl (C=O) groups is 1. The van der Waals surface area contributed by atoms with Crippen LogP contribution in [0.1, 0.15) is 5.56 Å². The summed E-state index contributed by atoms with van der Waals surface area (Å²) in [5, 5.41) is 13.6. The van der Waals surface area contributed by atoms with Crippen molar-refractivity contribution in [3.63, 3.8) is 0 Å². The van der Waals surface area contributed by atoms with Gasteiger partial charge in [0.15, 0.2) is 0 Å². The van der Waals surface area contributed by atoms with Gasteiger partial charge in [0.1, 0.15) is 6.33 Å². The van der Waals surface area contributed by atoms with Crippen molar-refractivity contribution in [2.75, 3.05) is 25.2 Å². The van der Waals surface area contributed by atoms with Gasteiger partial charge >= 0.3 is 0 Å². The molecule has 0 aliphatic heterocycles. The smallest absolute Gasteiger partial charge is 0.239 e. The first-order chi connectivity index (χ1) is 10.3. The number of benzene rings is 1. The number of rotatable bonds is 5. The first kappa shape index (κ1) is 16.0. The van der Waals surface area contributed by atoms with Gasteiger partial charge in [0.05, 0.1) is 18.5 Å². The summed E-state index contributed by atoms with van der Waals surface area (Å²) in [6.07, 6.45) is 2.52. The molecule has 1 N–H and O–H groups in total. The summed E-state index contributed by atoms with van der Waals surface area (Å²) in [4.78, 5) is 11.8. The van der Waals surface area contributed by atoms with Crippen LogP contribution in [0.5, 0.6) is 0 Å². The van der Waals surface area contributed by atoms with E-state index in [-0.39, 0.29) is 6.54 Å². The van der Waals surface area contributed by atoms with Crippen LogP contribution in [-0.4, -0.2) is 58.7 Å². The van der Waals surface area contributed by atoms with Crippen LogP contribution in [0.15, 0.2) is 24.5 Å². The maximum atomic E-state index is 11.8. The van der Waals surface area contributed by atoms with Gasteiger partial charge in [-0.05, 0) is 41.1 Å². The van der Waals surface area contributed by atoms with Crippen LogP contribution in [0.3, 0.4) is 0 Å². The first-order valence-corrected chi connectivity index (χ1v) is 8.17. The van der Waals surface area contributed by atoms with Gasteiger partial charge in [0.2, 0.25) is 15.9 Å². The monoisotopic (exact) mass is 324 g/mol. The fraction of sp³-hybridized carbons (Fsp3) is 0.333. The van der Waals surface area contributed by atoms with Crippen LogP contribution in [0.2, 0.25) is 0 Å². The fourth-order valence-corrected chi connectivity index (χ4v) is 2.13. The van der Waals surface area contributed by atoms with Crippen LogP contribution in [0, 0.1) is 6.92 Å². The summed E-state index contributed by atoms with van der Waals surface area (Å²) >= 11 is 0. The number of carbonyl (C=O) groups excluding carboxylic acids is 1. The number of tetrazole rings is 1. The molecule has 0 aliphatic carbocycles. The summed E-state index contributed by atoms with van der Waals surface area (Å²) in [5.74, 6) is -0.414. The Morgan fingerprint density at radius 2 is 2.14 bits per heavy atom. The summed E-state index contributed by atoms with van der Waals surface area (Å²) < 4.78 is 25.0. The number of sulfonamides is 1. The zero-order chi connectivity index (χ0) is 16.3. The van der Waals surface area contributed by atoms with Crippen molar-refractivity contribution in [2.24, 2.45) is 0 Å². The van der Waals surface area contributed by atoms with Gasteiger partial charge in [-0.25, -0.2) is 13.1 Å². The number of amides is 1. The molecule has 2 aromatic rings. The number of hydrogen-bond acceptors (Lipinski definition) is 6. The third-order valence-corrected chi connectivity index (χ3v) is 4.27. The van der Waals surface area contributed by atoms with Crippen molar-refractivity contribution in [3.05, 3.63) is 30.1 Å². The van der Waals surface area contributed by atoms with Crippen LogP contribution < -0.4 is 5.32 Å². The van der Waals surface area contributed by atoms with Gasteiger partial charge in [0, 0.05) is 12.7 Å². The maximum absolute atomic E-state index is 11.8. The Labute approximate surface area is 128 Å². The number of nitrogens with one attached hydrogen (secondary N) is 1. The number of hydrogen-bond donors (Lipinski definition) is 1. The lowest BCUT2D eigenvalue weighted by molar-refractivity contribution is -0.116. The summed E-state index contributed by atoms with van der Waals surface area (Å²) in [7, 11) is -2.04. The molecule has 1 heterocycles. The molecule has 2 rings (SSSR count). The van der Waals surface area contributed by atoms with E-state index < -0.39 is 15.9 Å². The van der Waals surface area contributed by atoms with Crippen LogP contribution in [-0.2, 0) is 14.8 Å². The van der Waals surface area contributed by atoms with Crippen molar-refractivity contribution < 1.29 is 13.2 Å². The lowest BCUT2D eigenvalue weighted by Gasteiger charge is -2.14. The lowest BCUT2D eigenvalue weighted by atomic mass is 10.2. The van der Waals surface area contributed by atoms with Crippen LogP contribution in [0.4, 0.5) is 5.69 Å². The highest BCUT2D eigenvalue weighted by Crippen LogP contribution is 2.17. The van der Waals surface area contributed by atoms with E-state index in [1.54, 1.807) is 18.2 Å². The predicted octanol–water partition coefficient (Wildman–Crippen LogP) is -0.199. The predicted molar refractivity (Wildman–Crippen MR) is 80.0 cm³/mol. The largest absolute Gasteiger partial charge is 0.325 e. The van der Waals surface area contributed by atoms with Crippen molar-refractivity contribution in [1.82, 2.24) is 24.5 Å².